The molecule has 0 heterocycles. The highest BCUT2D eigenvalue weighted by Crippen LogP contribution is 2.40. The Bertz CT molecular complexity index is 660. The summed E-state index contributed by atoms with van der Waals surface area (Å²) >= 11 is 0. The van der Waals surface area contributed by atoms with Crippen molar-refractivity contribution >= 4 is 0 Å². The minimum Gasteiger partial charge on any atom is -0.507 e. The van der Waals surface area contributed by atoms with E-state index < -0.39 is 0 Å². The molecule has 0 unspecified atom stereocenters. The second-order valence-corrected chi connectivity index (χ2v) is 8.10. The van der Waals surface area contributed by atoms with Gasteiger partial charge in [0.1, 0.15) is 11.5 Å². The van der Waals surface area contributed by atoms with Gasteiger partial charge in [-0.25, -0.2) is 0 Å². The van der Waals surface area contributed by atoms with Crippen LogP contribution in [0.3, 0.4) is 0 Å². The summed E-state index contributed by atoms with van der Waals surface area (Å²) in [6, 6.07) is 12.0. The van der Waals surface area contributed by atoms with Crippen LogP contribution in [0.15, 0.2) is 36.4 Å². The number of hydrogen-bond acceptors (Lipinski definition) is 2. The Labute approximate surface area is 171 Å². The van der Waals surface area contributed by atoms with Crippen molar-refractivity contribution in [2.24, 2.45) is 0 Å². The van der Waals surface area contributed by atoms with Crippen LogP contribution in [-0.2, 0) is 0 Å². The predicted molar refractivity (Wildman–Crippen MR) is 120 cm³/mol. The summed E-state index contributed by atoms with van der Waals surface area (Å²) in [6.45, 7) is 8.84. The van der Waals surface area contributed by atoms with Crippen LogP contribution in [0.2, 0.25) is 0 Å². The van der Waals surface area contributed by atoms with Gasteiger partial charge in [-0.2, -0.15) is 0 Å². The summed E-state index contributed by atoms with van der Waals surface area (Å²) in [7, 11) is 0. The molecule has 2 heteroatoms. The minimum absolute atomic E-state index is 0.261. The second kappa shape index (κ2) is 11.1. The van der Waals surface area contributed by atoms with Gasteiger partial charge in [-0.3, -0.25) is 0 Å². The zero-order chi connectivity index (χ0) is 20.5. The van der Waals surface area contributed by atoms with E-state index >= 15 is 0 Å². The van der Waals surface area contributed by atoms with E-state index in [2.05, 4.69) is 39.8 Å². The molecule has 0 amide bonds. The first-order valence-electron chi connectivity index (χ1n) is 11.2. The zero-order valence-electron chi connectivity index (χ0n) is 18.2. The average Bonchev–Trinajstić information content (AvgIpc) is 2.68. The van der Waals surface area contributed by atoms with E-state index in [4.69, 9.17) is 0 Å². The van der Waals surface area contributed by atoms with E-state index in [1.165, 1.54) is 11.1 Å². The predicted octanol–water partition coefficient (Wildman–Crippen LogP) is 8.13. The third kappa shape index (κ3) is 5.53. The molecule has 0 spiro atoms. The third-order valence-corrected chi connectivity index (χ3v) is 5.83. The Morgan fingerprint density at radius 1 is 0.571 bits per heavy atom. The quantitative estimate of drug-likeness (QED) is 0.412. The van der Waals surface area contributed by atoms with Crippen LogP contribution in [0.5, 0.6) is 11.5 Å². The minimum atomic E-state index is 0.261. The highest BCUT2D eigenvalue weighted by molar-refractivity contribution is 5.76. The average molecular weight is 383 g/mol. The molecule has 0 saturated heterocycles. The van der Waals surface area contributed by atoms with Gasteiger partial charge in [0.15, 0.2) is 0 Å². The molecule has 2 N–H and O–H groups in total. The molecular formula is C26H38O2. The summed E-state index contributed by atoms with van der Waals surface area (Å²) in [5, 5.41) is 21.4. The molecule has 2 rings (SSSR count). The van der Waals surface area contributed by atoms with Gasteiger partial charge in [0.2, 0.25) is 0 Å². The molecule has 0 bridgehead atoms. The van der Waals surface area contributed by atoms with Crippen molar-refractivity contribution in [3.63, 3.8) is 0 Å². The molecule has 0 aliphatic carbocycles. The van der Waals surface area contributed by atoms with Crippen LogP contribution < -0.4 is 0 Å². The van der Waals surface area contributed by atoms with Crippen molar-refractivity contribution in [3.8, 4) is 22.6 Å². The van der Waals surface area contributed by atoms with Gasteiger partial charge in [0.25, 0.3) is 0 Å². The lowest BCUT2D eigenvalue weighted by molar-refractivity contribution is 0.465. The molecule has 2 aromatic rings. The van der Waals surface area contributed by atoms with E-state index in [1.807, 2.05) is 24.3 Å². The van der Waals surface area contributed by atoms with Crippen molar-refractivity contribution in [2.45, 2.75) is 90.9 Å². The molecule has 2 aromatic carbocycles. The highest BCUT2D eigenvalue weighted by atomic mass is 16.3. The van der Waals surface area contributed by atoms with E-state index in [-0.39, 0.29) is 11.5 Å². The van der Waals surface area contributed by atoms with E-state index in [0.717, 1.165) is 51.4 Å². The third-order valence-electron chi connectivity index (χ3n) is 5.83. The molecular weight excluding hydrogens is 344 g/mol. The fourth-order valence-corrected chi connectivity index (χ4v) is 4.41. The van der Waals surface area contributed by atoms with Gasteiger partial charge in [0, 0.05) is 11.1 Å². The largest absolute Gasteiger partial charge is 0.507 e. The number of rotatable bonds is 11. The summed E-state index contributed by atoms with van der Waals surface area (Å²) in [5.41, 5.74) is 3.82. The number of aromatic hydroxyl groups is 2. The molecule has 0 atom stereocenters. The Morgan fingerprint density at radius 3 is 1.14 bits per heavy atom. The standard InChI is InChI=1S/C26H38O2/c1-5-9-19(10-6-2)21-13-15-23(25(27)17-21)24-16-14-22(18-26(24)28)20(11-7-3)12-8-4/h13-20,27-28H,5-12H2,1-4H3. The smallest absolute Gasteiger partial charge is 0.123 e. The Hall–Kier alpha value is -1.96. The molecule has 0 saturated carbocycles. The van der Waals surface area contributed by atoms with Crippen LogP contribution in [0.1, 0.15) is 102 Å². The fourth-order valence-electron chi connectivity index (χ4n) is 4.41. The molecule has 0 aliphatic heterocycles. The SMILES string of the molecule is CCCC(CCC)c1ccc(-c2ccc(C(CCC)CCC)cc2O)c(O)c1. The lowest BCUT2D eigenvalue weighted by Crippen LogP contribution is -1.99. The van der Waals surface area contributed by atoms with Gasteiger partial charge in [-0.1, -0.05) is 77.6 Å². The topological polar surface area (TPSA) is 40.5 Å². The molecule has 0 fully saturated rings. The van der Waals surface area contributed by atoms with Crippen LogP contribution in [-0.4, -0.2) is 10.2 Å². The van der Waals surface area contributed by atoms with Crippen LogP contribution >= 0.6 is 0 Å². The molecule has 0 aliphatic rings. The van der Waals surface area contributed by atoms with Gasteiger partial charge < -0.3 is 10.2 Å². The molecule has 28 heavy (non-hydrogen) atoms. The Kier molecular flexibility index (Phi) is 8.89. The maximum absolute atomic E-state index is 10.7. The van der Waals surface area contributed by atoms with Crippen LogP contribution in [0.4, 0.5) is 0 Å². The number of hydrogen-bond donors (Lipinski definition) is 2. The van der Waals surface area contributed by atoms with E-state index in [1.54, 1.807) is 0 Å². The first kappa shape index (κ1) is 22.3. The molecule has 154 valence electrons. The van der Waals surface area contributed by atoms with Gasteiger partial charge in [-0.15, -0.1) is 0 Å². The Morgan fingerprint density at radius 2 is 0.893 bits per heavy atom. The zero-order valence-corrected chi connectivity index (χ0v) is 18.2. The molecule has 2 nitrogen and oxygen atoms in total. The summed E-state index contributed by atoms with van der Waals surface area (Å²) in [5.74, 6) is 1.51. The normalized spacial score (nSPS) is 11.5. The van der Waals surface area contributed by atoms with Crippen molar-refractivity contribution in [2.75, 3.05) is 0 Å². The Balaban J connectivity index is 2.32. The van der Waals surface area contributed by atoms with Crippen molar-refractivity contribution in [3.05, 3.63) is 47.5 Å². The van der Waals surface area contributed by atoms with Crippen LogP contribution in [0, 0.1) is 0 Å². The van der Waals surface area contributed by atoms with Gasteiger partial charge >= 0.3 is 0 Å². The molecule has 0 radical (unpaired) electrons. The number of phenolic OH excluding ortho intramolecular Hbond substituents is 2. The van der Waals surface area contributed by atoms with Crippen LogP contribution in [0.25, 0.3) is 11.1 Å². The van der Waals surface area contributed by atoms with Crippen molar-refractivity contribution in [1.29, 1.82) is 0 Å². The van der Waals surface area contributed by atoms with Crippen molar-refractivity contribution < 1.29 is 10.2 Å². The first-order chi connectivity index (χ1) is 13.5. The highest BCUT2D eigenvalue weighted by Gasteiger charge is 2.17. The first-order valence-corrected chi connectivity index (χ1v) is 11.2. The van der Waals surface area contributed by atoms with Gasteiger partial charge in [-0.05, 0) is 60.8 Å². The van der Waals surface area contributed by atoms with Gasteiger partial charge in [0.05, 0.1) is 0 Å². The summed E-state index contributed by atoms with van der Waals surface area (Å²) < 4.78 is 0. The van der Waals surface area contributed by atoms with E-state index in [9.17, 15) is 10.2 Å². The maximum Gasteiger partial charge on any atom is 0.123 e. The lowest BCUT2D eigenvalue weighted by atomic mass is 9.87. The summed E-state index contributed by atoms with van der Waals surface area (Å²) in [4.78, 5) is 0. The summed E-state index contributed by atoms with van der Waals surface area (Å²) in [6.07, 6.45) is 9.15. The van der Waals surface area contributed by atoms with Crippen molar-refractivity contribution in [1.82, 2.24) is 0 Å². The second-order valence-electron chi connectivity index (χ2n) is 8.10. The monoisotopic (exact) mass is 382 g/mol. The fraction of sp³-hybridized carbons (Fsp3) is 0.538. The lowest BCUT2D eigenvalue weighted by Gasteiger charge is -2.19. The number of phenols is 2. The maximum atomic E-state index is 10.7. The van der Waals surface area contributed by atoms with E-state index in [0.29, 0.717) is 23.0 Å². The number of benzene rings is 2. The molecule has 0 aromatic heterocycles.